The van der Waals surface area contributed by atoms with Crippen LogP contribution in [0, 0.1) is 0 Å². The second-order valence-electron chi connectivity index (χ2n) is 5.55. The van der Waals surface area contributed by atoms with Crippen LogP contribution in [0.4, 0.5) is 0 Å². The molecule has 1 aliphatic heterocycles. The minimum Gasteiger partial charge on any atom is -0.388 e. The summed E-state index contributed by atoms with van der Waals surface area (Å²) in [4.78, 5) is 16.7. The number of ether oxygens (including phenoxy) is 1. The summed E-state index contributed by atoms with van der Waals surface area (Å²) in [5.74, 6) is -0.286. The van der Waals surface area contributed by atoms with Crippen LogP contribution in [0.15, 0.2) is 30.5 Å². The van der Waals surface area contributed by atoms with Gasteiger partial charge in [-0.2, -0.15) is 0 Å². The number of halogens is 1. The molecule has 0 saturated carbocycles. The molecular formula is C16H17ClN2O3. The first kappa shape index (κ1) is 15.2. The van der Waals surface area contributed by atoms with E-state index < -0.39 is 5.60 Å². The minimum absolute atomic E-state index is 0.191. The Kier molecular flexibility index (Phi) is 4.29. The number of carbonyl (C=O) groups is 1. The molecule has 6 heteroatoms. The Morgan fingerprint density at radius 1 is 1.41 bits per heavy atom. The normalized spacial score (nSPS) is 17.4. The van der Waals surface area contributed by atoms with Crippen molar-refractivity contribution in [2.45, 2.75) is 18.4 Å². The van der Waals surface area contributed by atoms with Crippen LogP contribution in [0.5, 0.6) is 0 Å². The van der Waals surface area contributed by atoms with Crippen molar-refractivity contribution in [2.75, 3.05) is 19.8 Å². The van der Waals surface area contributed by atoms with Gasteiger partial charge in [0.2, 0.25) is 0 Å². The summed E-state index contributed by atoms with van der Waals surface area (Å²) in [6.07, 6.45) is 2.67. The number of benzene rings is 1. The largest absolute Gasteiger partial charge is 0.388 e. The number of fused-ring (bicyclic) bond motifs is 1. The van der Waals surface area contributed by atoms with Crippen molar-refractivity contribution in [3.63, 3.8) is 0 Å². The molecule has 0 unspecified atom stereocenters. The predicted octanol–water partition coefficient (Wildman–Crippen LogP) is 2.16. The van der Waals surface area contributed by atoms with Gasteiger partial charge in [0.15, 0.2) is 0 Å². The minimum atomic E-state index is -0.907. The first-order valence-electron chi connectivity index (χ1n) is 7.20. The Labute approximate surface area is 133 Å². The van der Waals surface area contributed by atoms with E-state index in [2.05, 4.69) is 10.3 Å². The monoisotopic (exact) mass is 320 g/mol. The van der Waals surface area contributed by atoms with Crippen molar-refractivity contribution >= 4 is 28.4 Å². The van der Waals surface area contributed by atoms with Crippen molar-refractivity contribution in [3.05, 3.63) is 41.0 Å². The second kappa shape index (κ2) is 6.20. The molecule has 2 N–H and O–H groups in total. The molecule has 1 aromatic carbocycles. The first-order chi connectivity index (χ1) is 10.6. The number of pyridine rings is 1. The van der Waals surface area contributed by atoms with Crippen LogP contribution >= 0.6 is 11.6 Å². The van der Waals surface area contributed by atoms with Crippen LogP contribution in [0.25, 0.3) is 10.9 Å². The average Bonchev–Trinajstić information content (AvgIpc) is 2.52. The van der Waals surface area contributed by atoms with Gasteiger partial charge in [0.1, 0.15) is 0 Å². The lowest BCUT2D eigenvalue weighted by Crippen LogP contribution is -2.46. The fourth-order valence-corrected chi connectivity index (χ4v) is 2.82. The third kappa shape index (κ3) is 3.21. The maximum absolute atomic E-state index is 12.4. The van der Waals surface area contributed by atoms with Gasteiger partial charge in [-0.15, -0.1) is 0 Å². The quantitative estimate of drug-likeness (QED) is 0.909. The van der Waals surface area contributed by atoms with Gasteiger partial charge in [-0.25, -0.2) is 0 Å². The van der Waals surface area contributed by atoms with Crippen LogP contribution in [-0.4, -0.2) is 41.4 Å². The molecule has 0 bridgehead atoms. The van der Waals surface area contributed by atoms with Crippen LogP contribution in [0.1, 0.15) is 23.2 Å². The molecule has 1 saturated heterocycles. The Balaban J connectivity index is 1.80. The molecule has 0 atom stereocenters. The Morgan fingerprint density at radius 2 is 2.18 bits per heavy atom. The van der Waals surface area contributed by atoms with Crippen LogP contribution in [0.3, 0.4) is 0 Å². The summed E-state index contributed by atoms with van der Waals surface area (Å²) in [6, 6.07) is 7.02. The summed E-state index contributed by atoms with van der Waals surface area (Å²) in [5, 5.41) is 14.5. The Bertz CT molecular complexity index is 699. The molecule has 0 aliphatic carbocycles. The summed E-state index contributed by atoms with van der Waals surface area (Å²) in [7, 11) is 0. The molecule has 5 nitrogen and oxygen atoms in total. The van der Waals surface area contributed by atoms with E-state index >= 15 is 0 Å². The summed E-state index contributed by atoms with van der Waals surface area (Å²) in [6.45, 7) is 1.21. The van der Waals surface area contributed by atoms with E-state index in [1.54, 1.807) is 24.4 Å². The fourth-order valence-electron chi connectivity index (χ4n) is 2.60. The van der Waals surface area contributed by atoms with E-state index in [1.807, 2.05) is 6.07 Å². The van der Waals surface area contributed by atoms with E-state index in [9.17, 15) is 9.90 Å². The van der Waals surface area contributed by atoms with Crippen LogP contribution in [0.2, 0.25) is 5.02 Å². The zero-order valence-electron chi connectivity index (χ0n) is 12.0. The van der Waals surface area contributed by atoms with Crippen LogP contribution in [-0.2, 0) is 4.74 Å². The van der Waals surface area contributed by atoms with Crippen molar-refractivity contribution in [1.82, 2.24) is 10.3 Å². The van der Waals surface area contributed by atoms with Gasteiger partial charge in [-0.1, -0.05) is 17.7 Å². The molecule has 2 heterocycles. The second-order valence-corrected chi connectivity index (χ2v) is 5.98. The molecule has 116 valence electrons. The third-order valence-electron chi connectivity index (χ3n) is 3.92. The molecule has 1 aliphatic rings. The number of nitrogens with zero attached hydrogens (tertiary/aromatic N) is 1. The molecule has 2 aromatic rings. The van der Waals surface area contributed by atoms with E-state index in [-0.39, 0.29) is 12.5 Å². The lowest BCUT2D eigenvalue weighted by molar-refractivity contribution is -0.0605. The highest BCUT2D eigenvalue weighted by Gasteiger charge is 2.30. The zero-order chi connectivity index (χ0) is 15.6. The molecular weight excluding hydrogens is 304 g/mol. The highest BCUT2D eigenvalue weighted by atomic mass is 35.5. The molecule has 3 rings (SSSR count). The molecule has 1 fully saturated rings. The van der Waals surface area contributed by atoms with E-state index in [1.165, 1.54) is 0 Å². The van der Waals surface area contributed by atoms with Crippen molar-refractivity contribution in [2.24, 2.45) is 0 Å². The number of carbonyl (C=O) groups excluding carboxylic acids is 1. The van der Waals surface area contributed by atoms with Gasteiger partial charge in [0, 0.05) is 49.2 Å². The number of aromatic nitrogens is 1. The third-order valence-corrected chi connectivity index (χ3v) is 4.13. The predicted molar refractivity (Wildman–Crippen MR) is 84.1 cm³/mol. The maximum atomic E-state index is 12.4. The Hall–Kier alpha value is -1.69. The van der Waals surface area contributed by atoms with Gasteiger partial charge < -0.3 is 15.2 Å². The van der Waals surface area contributed by atoms with Gasteiger partial charge in [-0.3, -0.25) is 9.78 Å². The lowest BCUT2D eigenvalue weighted by Gasteiger charge is -2.32. The van der Waals surface area contributed by atoms with E-state index in [4.69, 9.17) is 16.3 Å². The van der Waals surface area contributed by atoms with Crippen LogP contribution < -0.4 is 5.32 Å². The van der Waals surface area contributed by atoms with Gasteiger partial charge in [0.25, 0.3) is 5.91 Å². The molecule has 22 heavy (non-hydrogen) atoms. The number of hydrogen-bond donors (Lipinski definition) is 2. The maximum Gasteiger partial charge on any atom is 0.253 e. The highest BCUT2D eigenvalue weighted by molar-refractivity contribution is 6.32. The van der Waals surface area contributed by atoms with Gasteiger partial charge in [-0.05, 0) is 18.2 Å². The van der Waals surface area contributed by atoms with Crippen molar-refractivity contribution in [3.8, 4) is 0 Å². The fraction of sp³-hybridized carbons (Fsp3) is 0.375. The highest BCUT2D eigenvalue weighted by Crippen LogP contribution is 2.23. The molecule has 1 aromatic heterocycles. The first-order valence-corrected chi connectivity index (χ1v) is 7.58. The molecule has 1 amide bonds. The standard InChI is InChI=1S/C16H17ClN2O3/c17-12-8-11-2-1-5-18-14(11)13(9-12)15(20)19-10-16(21)3-6-22-7-4-16/h1-2,5,8-9,21H,3-4,6-7,10H2,(H,19,20). The number of nitrogens with one attached hydrogen (secondary N) is 1. The molecule has 0 radical (unpaired) electrons. The number of rotatable bonds is 3. The zero-order valence-corrected chi connectivity index (χ0v) is 12.8. The lowest BCUT2D eigenvalue weighted by atomic mass is 9.94. The topological polar surface area (TPSA) is 71.5 Å². The smallest absolute Gasteiger partial charge is 0.253 e. The SMILES string of the molecule is O=C(NCC1(O)CCOCC1)c1cc(Cl)cc2cccnc12. The van der Waals surface area contributed by atoms with Gasteiger partial charge in [0.05, 0.1) is 16.7 Å². The van der Waals surface area contributed by atoms with Crippen molar-refractivity contribution in [1.29, 1.82) is 0 Å². The Morgan fingerprint density at radius 3 is 2.95 bits per heavy atom. The van der Waals surface area contributed by atoms with E-state index in [0.717, 1.165) is 5.39 Å². The van der Waals surface area contributed by atoms with Crippen molar-refractivity contribution < 1.29 is 14.6 Å². The summed E-state index contributed by atoms with van der Waals surface area (Å²) in [5.41, 5.74) is 0.109. The number of aliphatic hydroxyl groups is 1. The number of hydrogen-bond acceptors (Lipinski definition) is 4. The average molecular weight is 321 g/mol. The molecule has 0 spiro atoms. The van der Waals surface area contributed by atoms with Gasteiger partial charge >= 0.3 is 0 Å². The summed E-state index contributed by atoms with van der Waals surface area (Å²) < 4.78 is 5.23. The summed E-state index contributed by atoms with van der Waals surface area (Å²) >= 11 is 6.07. The number of amides is 1. The van der Waals surface area contributed by atoms with E-state index in [0.29, 0.717) is 42.2 Å².